The van der Waals surface area contributed by atoms with Gasteiger partial charge in [0.25, 0.3) is 0 Å². The van der Waals surface area contributed by atoms with Crippen LogP contribution in [0.1, 0.15) is 24.0 Å². The zero-order chi connectivity index (χ0) is 19.7. The van der Waals surface area contributed by atoms with Crippen molar-refractivity contribution in [3.63, 3.8) is 0 Å². The number of aromatic nitrogens is 2. The van der Waals surface area contributed by atoms with Crippen molar-refractivity contribution >= 4 is 11.3 Å². The highest BCUT2D eigenvalue weighted by molar-refractivity contribution is 7.08. The summed E-state index contributed by atoms with van der Waals surface area (Å²) < 4.78 is 16.7. The zero-order valence-corrected chi connectivity index (χ0v) is 16.2. The molecule has 0 unspecified atom stereocenters. The number of thiophene rings is 1. The van der Waals surface area contributed by atoms with E-state index in [1.54, 1.807) is 18.4 Å². The molecule has 1 atom stereocenters. The van der Waals surface area contributed by atoms with Crippen molar-refractivity contribution in [1.29, 1.82) is 5.26 Å². The van der Waals surface area contributed by atoms with Gasteiger partial charge in [-0.2, -0.15) is 16.6 Å². The summed E-state index contributed by atoms with van der Waals surface area (Å²) in [6.45, 7) is 2.46. The number of hydrogen-bond donors (Lipinski definition) is 2. The Labute approximate surface area is 166 Å². The highest BCUT2D eigenvalue weighted by atomic mass is 32.1. The van der Waals surface area contributed by atoms with Gasteiger partial charge in [-0.3, -0.25) is 5.10 Å². The normalized spacial score (nSPS) is 15.5. The number of hydrogen-bond acceptors (Lipinski definition) is 7. The van der Waals surface area contributed by atoms with Gasteiger partial charge in [-0.25, -0.2) is 0 Å². The topological polar surface area (TPSA) is 106 Å². The predicted molar refractivity (Wildman–Crippen MR) is 105 cm³/mol. The first kappa shape index (κ1) is 17.9. The molecule has 0 radical (unpaired) electrons. The summed E-state index contributed by atoms with van der Waals surface area (Å²) in [4.78, 5) is 0. The molecule has 0 aliphatic carbocycles. The van der Waals surface area contributed by atoms with E-state index in [0.717, 1.165) is 22.4 Å². The van der Waals surface area contributed by atoms with Crippen molar-refractivity contribution in [2.24, 2.45) is 5.73 Å². The minimum atomic E-state index is -0.355. The molecule has 1 aliphatic heterocycles. The largest absolute Gasteiger partial charge is 0.493 e. The van der Waals surface area contributed by atoms with Crippen LogP contribution in [0.4, 0.5) is 0 Å². The molecule has 1 aliphatic rings. The van der Waals surface area contributed by atoms with Crippen molar-refractivity contribution in [2.45, 2.75) is 12.8 Å². The van der Waals surface area contributed by atoms with Gasteiger partial charge in [0, 0.05) is 5.56 Å². The molecule has 0 saturated heterocycles. The van der Waals surface area contributed by atoms with E-state index in [4.69, 9.17) is 19.9 Å². The average molecular weight is 394 g/mol. The molecular weight excluding hydrogens is 376 g/mol. The maximum absolute atomic E-state index is 9.70. The Kier molecular flexibility index (Phi) is 4.67. The van der Waals surface area contributed by atoms with E-state index in [2.05, 4.69) is 16.3 Å². The molecule has 0 amide bonds. The number of benzene rings is 1. The van der Waals surface area contributed by atoms with E-state index >= 15 is 0 Å². The average Bonchev–Trinajstić information content (AvgIpc) is 3.37. The molecule has 0 saturated carbocycles. The lowest BCUT2D eigenvalue weighted by atomic mass is 9.84. The minimum absolute atomic E-state index is 0.0773. The molecule has 0 fully saturated rings. The van der Waals surface area contributed by atoms with Crippen molar-refractivity contribution in [2.75, 3.05) is 13.7 Å². The molecule has 8 heteroatoms. The van der Waals surface area contributed by atoms with E-state index < -0.39 is 0 Å². The summed E-state index contributed by atoms with van der Waals surface area (Å²) in [5.41, 5.74) is 9.69. The summed E-state index contributed by atoms with van der Waals surface area (Å²) in [7, 11) is 1.60. The highest BCUT2D eigenvalue weighted by Crippen LogP contribution is 2.46. The molecule has 2 aromatic heterocycles. The molecule has 142 valence electrons. The third kappa shape index (κ3) is 2.86. The molecule has 0 spiro atoms. The van der Waals surface area contributed by atoms with E-state index in [9.17, 15) is 5.26 Å². The number of nitriles is 1. The second kappa shape index (κ2) is 7.29. The van der Waals surface area contributed by atoms with E-state index in [1.807, 2.05) is 41.9 Å². The van der Waals surface area contributed by atoms with Crippen LogP contribution >= 0.6 is 11.3 Å². The van der Waals surface area contributed by atoms with Crippen LogP contribution in [0, 0.1) is 11.3 Å². The highest BCUT2D eigenvalue weighted by Gasteiger charge is 2.35. The molecule has 1 aromatic carbocycles. The maximum Gasteiger partial charge on any atom is 0.244 e. The van der Waals surface area contributed by atoms with E-state index in [-0.39, 0.29) is 11.8 Å². The molecule has 4 rings (SSSR count). The van der Waals surface area contributed by atoms with Gasteiger partial charge >= 0.3 is 0 Å². The monoisotopic (exact) mass is 394 g/mol. The lowest BCUT2D eigenvalue weighted by Gasteiger charge is -2.23. The molecule has 3 heterocycles. The van der Waals surface area contributed by atoms with Crippen molar-refractivity contribution in [3.8, 4) is 34.7 Å². The van der Waals surface area contributed by atoms with E-state index in [0.29, 0.717) is 29.6 Å². The van der Waals surface area contributed by atoms with E-state index in [1.165, 1.54) is 0 Å². The number of nitrogens with one attached hydrogen (secondary N) is 1. The molecular formula is C20H18N4O3S. The molecule has 7 nitrogen and oxygen atoms in total. The van der Waals surface area contributed by atoms with Crippen LogP contribution in [0.15, 0.2) is 46.5 Å². The van der Waals surface area contributed by atoms with Crippen LogP contribution in [0.25, 0.3) is 11.3 Å². The number of fused-ring (bicyclic) bond motifs is 1. The Bertz CT molecular complexity index is 1080. The van der Waals surface area contributed by atoms with Gasteiger partial charge in [0.2, 0.25) is 11.8 Å². The smallest absolute Gasteiger partial charge is 0.244 e. The number of methoxy groups -OCH3 is 1. The SMILES string of the molecule is CCOc1ccc(-c2[nH]nc3c2[C@H](c2ccsc2)C(C#N)=C(N)O3)cc1OC. The van der Waals surface area contributed by atoms with Crippen molar-refractivity contribution < 1.29 is 14.2 Å². The van der Waals surface area contributed by atoms with Crippen LogP contribution in [-0.2, 0) is 0 Å². The van der Waals surface area contributed by atoms with Crippen LogP contribution in [0.2, 0.25) is 0 Å². The minimum Gasteiger partial charge on any atom is -0.493 e. The number of ether oxygens (including phenoxy) is 3. The number of nitrogens with zero attached hydrogens (tertiary/aromatic N) is 2. The molecule has 3 aromatic rings. The summed E-state index contributed by atoms with van der Waals surface area (Å²) >= 11 is 1.56. The third-order valence-corrected chi connectivity index (χ3v) is 5.27. The quantitative estimate of drug-likeness (QED) is 0.682. The summed E-state index contributed by atoms with van der Waals surface area (Å²) in [5, 5.41) is 21.0. The third-order valence-electron chi connectivity index (χ3n) is 4.57. The first-order valence-electron chi connectivity index (χ1n) is 8.67. The second-order valence-electron chi connectivity index (χ2n) is 6.10. The first-order valence-corrected chi connectivity index (χ1v) is 9.61. The first-order chi connectivity index (χ1) is 13.7. The predicted octanol–water partition coefficient (Wildman–Crippen LogP) is 3.76. The van der Waals surface area contributed by atoms with Gasteiger partial charge in [0.15, 0.2) is 11.5 Å². The fourth-order valence-electron chi connectivity index (χ4n) is 3.34. The Balaban J connectivity index is 1.88. The van der Waals surface area contributed by atoms with Gasteiger partial charge in [-0.1, -0.05) is 0 Å². The zero-order valence-electron chi connectivity index (χ0n) is 15.4. The van der Waals surface area contributed by atoms with Crippen LogP contribution < -0.4 is 19.9 Å². The lowest BCUT2D eigenvalue weighted by Crippen LogP contribution is -2.20. The number of allylic oxidation sites excluding steroid dienone is 1. The van der Waals surface area contributed by atoms with Crippen LogP contribution in [0.3, 0.4) is 0 Å². The maximum atomic E-state index is 9.70. The molecule has 0 bridgehead atoms. The van der Waals surface area contributed by atoms with Gasteiger partial charge in [-0.05, 0) is 47.5 Å². The van der Waals surface area contributed by atoms with Crippen molar-refractivity contribution in [3.05, 3.63) is 57.6 Å². The lowest BCUT2D eigenvalue weighted by molar-refractivity contribution is 0.311. The summed E-state index contributed by atoms with van der Waals surface area (Å²) in [6.07, 6.45) is 0. The Morgan fingerprint density at radius 2 is 2.21 bits per heavy atom. The Morgan fingerprint density at radius 1 is 1.36 bits per heavy atom. The fourth-order valence-corrected chi connectivity index (χ4v) is 4.02. The molecule has 28 heavy (non-hydrogen) atoms. The molecule has 3 N–H and O–H groups in total. The van der Waals surface area contributed by atoms with Crippen LogP contribution in [0.5, 0.6) is 17.4 Å². The number of aromatic amines is 1. The van der Waals surface area contributed by atoms with Crippen LogP contribution in [-0.4, -0.2) is 23.9 Å². The summed E-state index contributed by atoms with van der Waals surface area (Å²) in [6, 6.07) is 9.81. The standard InChI is InChI=1S/C20H18N4O3S/c1-3-26-14-5-4-11(8-15(14)25-2)18-17-16(12-6-7-28-10-12)13(9-21)19(22)27-20(17)24-23-18/h4-8,10,16H,3,22H2,1-2H3,(H,23,24)/t16-/m1/s1. The van der Waals surface area contributed by atoms with Gasteiger partial charge in [0.05, 0.1) is 30.9 Å². The fraction of sp³-hybridized carbons (Fsp3) is 0.200. The Hall–Kier alpha value is -3.44. The van der Waals surface area contributed by atoms with Gasteiger partial charge in [0.1, 0.15) is 11.6 Å². The van der Waals surface area contributed by atoms with Crippen molar-refractivity contribution in [1.82, 2.24) is 10.2 Å². The second-order valence-corrected chi connectivity index (χ2v) is 6.88. The number of rotatable bonds is 5. The van der Waals surface area contributed by atoms with Gasteiger partial charge in [-0.15, -0.1) is 5.10 Å². The number of H-pyrrole nitrogens is 1. The van der Waals surface area contributed by atoms with Gasteiger partial charge < -0.3 is 19.9 Å². The Morgan fingerprint density at radius 3 is 2.89 bits per heavy atom. The summed E-state index contributed by atoms with van der Waals surface area (Å²) in [5.74, 6) is 1.37. The number of nitrogens with two attached hydrogens (primary N) is 1.